The van der Waals surface area contributed by atoms with Gasteiger partial charge >= 0.3 is 0 Å². The Morgan fingerprint density at radius 2 is 1.95 bits per heavy atom. The summed E-state index contributed by atoms with van der Waals surface area (Å²) in [5.74, 6) is 1.20. The van der Waals surface area contributed by atoms with Gasteiger partial charge in [-0.25, -0.2) is 0 Å². The van der Waals surface area contributed by atoms with Gasteiger partial charge < -0.3 is 5.73 Å². The van der Waals surface area contributed by atoms with E-state index in [1.807, 2.05) is 0 Å². The summed E-state index contributed by atoms with van der Waals surface area (Å²) in [6.45, 7) is 6.47. The highest BCUT2D eigenvalue weighted by molar-refractivity contribution is 8.00. The molecule has 2 aromatic carbocycles. The molecule has 0 saturated carbocycles. The molecule has 3 rings (SSSR count). The fourth-order valence-electron chi connectivity index (χ4n) is 3.38. The fourth-order valence-corrected chi connectivity index (χ4v) is 4.50. The average molecular weight is 300 g/mol. The molecule has 3 unspecified atom stereocenters. The van der Waals surface area contributed by atoms with Crippen molar-refractivity contribution in [2.24, 2.45) is 5.73 Å². The summed E-state index contributed by atoms with van der Waals surface area (Å²) in [6.07, 6.45) is 0. The van der Waals surface area contributed by atoms with Crippen LogP contribution in [0.4, 0.5) is 0 Å². The number of hydrogen-bond donors (Lipinski definition) is 1. The van der Waals surface area contributed by atoms with Gasteiger partial charge in [0.25, 0.3) is 0 Å². The number of fused-ring (bicyclic) bond motifs is 1. The van der Waals surface area contributed by atoms with Gasteiger partial charge in [-0.3, -0.25) is 4.90 Å². The minimum atomic E-state index is 0.314. The molecule has 1 saturated heterocycles. The maximum Gasteiger partial charge on any atom is 0.0480 e. The Bertz CT molecular complexity index is 608. The molecule has 1 aliphatic rings. The van der Waals surface area contributed by atoms with Gasteiger partial charge in [0.15, 0.2) is 0 Å². The largest absolute Gasteiger partial charge is 0.329 e. The molecular weight excluding hydrogens is 276 g/mol. The fraction of sp³-hybridized carbons (Fsp3) is 0.444. The Kier molecular flexibility index (Phi) is 4.53. The van der Waals surface area contributed by atoms with Gasteiger partial charge in [0.2, 0.25) is 0 Å². The maximum atomic E-state index is 6.19. The minimum Gasteiger partial charge on any atom is -0.329 e. The van der Waals surface area contributed by atoms with Crippen molar-refractivity contribution in [3.8, 4) is 0 Å². The number of nitrogens with zero attached hydrogens (tertiary/aromatic N) is 1. The van der Waals surface area contributed by atoms with Crippen LogP contribution in [-0.2, 0) is 0 Å². The van der Waals surface area contributed by atoms with E-state index in [2.05, 4.69) is 73.0 Å². The van der Waals surface area contributed by atoms with Crippen molar-refractivity contribution in [2.75, 3.05) is 18.8 Å². The second-order valence-corrected chi connectivity index (χ2v) is 7.36. The molecule has 3 atom stereocenters. The van der Waals surface area contributed by atoms with Crippen molar-refractivity contribution >= 4 is 22.5 Å². The summed E-state index contributed by atoms with van der Waals surface area (Å²) < 4.78 is 0. The summed E-state index contributed by atoms with van der Waals surface area (Å²) in [6, 6.07) is 16.1. The van der Waals surface area contributed by atoms with Crippen LogP contribution in [0.25, 0.3) is 10.8 Å². The first-order valence-corrected chi connectivity index (χ1v) is 8.82. The lowest BCUT2D eigenvalue weighted by Crippen LogP contribution is -2.48. The number of nitrogens with two attached hydrogens (primary N) is 1. The van der Waals surface area contributed by atoms with E-state index in [-0.39, 0.29) is 0 Å². The lowest BCUT2D eigenvalue weighted by molar-refractivity contribution is 0.151. The average Bonchev–Trinajstić information content (AvgIpc) is 2.52. The lowest BCUT2D eigenvalue weighted by Gasteiger charge is -2.42. The molecule has 0 aromatic heterocycles. The number of hydrogen-bond acceptors (Lipinski definition) is 3. The minimum absolute atomic E-state index is 0.314. The number of thioether (sulfide) groups is 1. The number of rotatable bonds is 3. The van der Waals surface area contributed by atoms with Crippen LogP contribution in [0.3, 0.4) is 0 Å². The van der Waals surface area contributed by atoms with Gasteiger partial charge in [-0.2, -0.15) is 11.8 Å². The van der Waals surface area contributed by atoms with Gasteiger partial charge in [0.1, 0.15) is 0 Å². The van der Waals surface area contributed by atoms with E-state index in [0.29, 0.717) is 23.9 Å². The lowest BCUT2D eigenvalue weighted by atomic mass is 9.96. The van der Waals surface area contributed by atoms with Gasteiger partial charge in [0, 0.05) is 36.2 Å². The summed E-state index contributed by atoms with van der Waals surface area (Å²) in [4.78, 5) is 2.60. The van der Waals surface area contributed by atoms with Crippen LogP contribution in [0.1, 0.15) is 25.5 Å². The third-order valence-electron chi connectivity index (χ3n) is 4.74. The SMILES string of the molecule is CC1SCCN(C(CN)c2cccc3ccccc23)C1C. The van der Waals surface area contributed by atoms with Crippen molar-refractivity contribution in [2.45, 2.75) is 31.2 Å². The van der Waals surface area contributed by atoms with Crippen LogP contribution in [0.5, 0.6) is 0 Å². The molecule has 0 radical (unpaired) electrons. The molecule has 112 valence electrons. The first kappa shape index (κ1) is 14.9. The zero-order valence-electron chi connectivity index (χ0n) is 12.8. The van der Waals surface area contributed by atoms with E-state index in [4.69, 9.17) is 5.73 Å². The van der Waals surface area contributed by atoms with Crippen LogP contribution in [0, 0.1) is 0 Å². The third kappa shape index (κ3) is 2.83. The highest BCUT2D eigenvalue weighted by atomic mass is 32.2. The molecular formula is C18H24N2S. The zero-order chi connectivity index (χ0) is 14.8. The summed E-state index contributed by atoms with van der Waals surface area (Å²) in [5, 5.41) is 3.32. The van der Waals surface area contributed by atoms with Crippen molar-refractivity contribution in [1.82, 2.24) is 4.90 Å². The van der Waals surface area contributed by atoms with Crippen molar-refractivity contribution in [3.63, 3.8) is 0 Å². The zero-order valence-corrected chi connectivity index (χ0v) is 13.6. The van der Waals surface area contributed by atoms with Gasteiger partial charge in [0.05, 0.1) is 0 Å². The molecule has 0 bridgehead atoms. The van der Waals surface area contributed by atoms with Crippen LogP contribution in [0.2, 0.25) is 0 Å². The second kappa shape index (κ2) is 6.39. The molecule has 0 amide bonds. The Balaban J connectivity index is 2.02. The summed E-state index contributed by atoms with van der Waals surface area (Å²) in [7, 11) is 0. The van der Waals surface area contributed by atoms with Crippen LogP contribution >= 0.6 is 11.8 Å². The monoisotopic (exact) mass is 300 g/mol. The first-order chi connectivity index (χ1) is 10.2. The molecule has 2 aromatic rings. The van der Waals surface area contributed by atoms with Crippen LogP contribution in [-0.4, -0.2) is 35.0 Å². The smallest absolute Gasteiger partial charge is 0.0480 e. The van der Waals surface area contributed by atoms with Crippen molar-refractivity contribution in [1.29, 1.82) is 0 Å². The van der Waals surface area contributed by atoms with Crippen LogP contribution < -0.4 is 5.73 Å². The summed E-state index contributed by atoms with van der Waals surface area (Å²) in [5.41, 5.74) is 7.56. The van der Waals surface area contributed by atoms with Crippen LogP contribution in [0.15, 0.2) is 42.5 Å². The van der Waals surface area contributed by atoms with E-state index in [1.165, 1.54) is 22.1 Å². The van der Waals surface area contributed by atoms with E-state index in [9.17, 15) is 0 Å². The molecule has 3 heteroatoms. The van der Waals surface area contributed by atoms with Crippen molar-refractivity contribution < 1.29 is 0 Å². The second-order valence-electron chi connectivity index (χ2n) is 5.87. The predicted molar refractivity (Wildman–Crippen MR) is 93.8 cm³/mol. The van der Waals surface area contributed by atoms with Gasteiger partial charge in [-0.05, 0) is 23.3 Å². The van der Waals surface area contributed by atoms with E-state index < -0.39 is 0 Å². The van der Waals surface area contributed by atoms with Gasteiger partial charge in [-0.15, -0.1) is 0 Å². The Hall–Kier alpha value is -1.03. The highest BCUT2D eigenvalue weighted by Crippen LogP contribution is 2.34. The molecule has 21 heavy (non-hydrogen) atoms. The Morgan fingerprint density at radius 1 is 1.19 bits per heavy atom. The Morgan fingerprint density at radius 3 is 2.76 bits per heavy atom. The topological polar surface area (TPSA) is 29.3 Å². The molecule has 0 spiro atoms. The highest BCUT2D eigenvalue weighted by Gasteiger charge is 2.31. The van der Waals surface area contributed by atoms with E-state index >= 15 is 0 Å². The maximum absolute atomic E-state index is 6.19. The normalized spacial score (nSPS) is 25.1. The third-order valence-corrected chi connectivity index (χ3v) is 6.08. The molecule has 1 aliphatic heterocycles. The van der Waals surface area contributed by atoms with Gasteiger partial charge in [-0.1, -0.05) is 49.4 Å². The molecule has 2 N–H and O–H groups in total. The molecule has 0 aliphatic carbocycles. The Labute approximate surface area is 131 Å². The first-order valence-electron chi connectivity index (χ1n) is 7.77. The molecule has 1 heterocycles. The quantitative estimate of drug-likeness (QED) is 0.938. The van der Waals surface area contributed by atoms with E-state index in [0.717, 1.165) is 6.54 Å². The summed E-state index contributed by atoms with van der Waals surface area (Å²) >= 11 is 2.07. The number of benzene rings is 2. The molecule has 1 fully saturated rings. The standard InChI is InChI=1S/C18H24N2S/c1-13-14(2)21-11-10-20(13)18(12-19)17-9-5-7-15-6-3-4-8-16(15)17/h3-9,13-14,18H,10-12,19H2,1-2H3. The predicted octanol–water partition coefficient (Wildman–Crippen LogP) is 3.67. The molecule has 2 nitrogen and oxygen atoms in total. The van der Waals surface area contributed by atoms with Crippen molar-refractivity contribution in [3.05, 3.63) is 48.0 Å². The van der Waals surface area contributed by atoms with E-state index in [1.54, 1.807) is 0 Å².